The maximum atomic E-state index is 11.9. The zero-order valence-corrected chi connectivity index (χ0v) is 9.79. The van der Waals surface area contributed by atoms with Gasteiger partial charge in [-0.25, -0.2) is 0 Å². The van der Waals surface area contributed by atoms with Crippen LogP contribution in [0, 0.1) is 0 Å². The molecular weight excluding hydrogens is 216 g/mol. The number of carbonyl (C=O) groups excluding carboxylic acids is 1. The minimum atomic E-state index is -0.139. The van der Waals surface area contributed by atoms with E-state index in [0.717, 1.165) is 24.0 Å². The number of fused-ring (bicyclic) bond motifs is 1. The molecule has 2 aromatic rings. The monoisotopic (exact) mass is 232 g/mol. The highest BCUT2D eigenvalue weighted by Gasteiger charge is 2.12. The zero-order chi connectivity index (χ0) is 12.1. The van der Waals surface area contributed by atoms with Crippen LogP contribution in [0.2, 0.25) is 0 Å². The minimum absolute atomic E-state index is 0.139. The Balaban J connectivity index is 2.04. The predicted octanol–water partition coefficient (Wildman–Crippen LogP) is 0.902. The van der Waals surface area contributed by atoms with Gasteiger partial charge < -0.3 is 10.6 Å². The maximum absolute atomic E-state index is 11.9. The van der Waals surface area contributed by atoms with Gasteiger partial charge in [0.1, 0.15) is 0 Å². The number of H-pyrrole nitrogens is 1. The van der Waals surface area contributed by atoms with Crippen LogP contribution in [-0.2, 0) is 0 Å². The SMILES string of the molecule is CCNCCNC(=O)c1n[nH]c2ccccc12. The molecule has 0 saturated heterocycles. The summed E-state index contributed by atoms with van der Waals surface area (Å²) in [7, 11) is 0. The van der Waals surface area contributed by atoms with E-state index in [9.17, 15) is 4.79 Å². The molecule has 0 saturated carbocycles. The van der Waals surface area contributed by atoms with Crippen LogP contribution in [0.5, 0.6) is 0 Å². The van der Waals surface area contributed by atoms with Crippen molar-refractivity contribution in [3.05, 3.63) is 30.0 Å². The summed E-state index contributed by atoms with van der Waals surface area (Å²) in [4.78, 5) is 11.9. The van der Waals surface area contributed by atoms with Gasteiger partial charge in [-0.1, -0.05) is 25.1 Å². The molecule has 3 N–H and O–H groups in total. The molecule has 1 aromatic carbocycles. The predicted molar refractivity (Wildman–Crippen MR) is 67.0 cm³/mol. The van der Waals surface area contributed by atoms with E-state index in [1.165, 1.54) is 0 Å². The summed E-state index contributed by atoms with van der Waals surface area (Å²) in [5.74, 6) is -0.139. The molecule has 17 heavy (non-hydrogen) atoms. The molecule has 2 rings (SSSR count). The molecule has 0 fully saturated rings. The van der Waals surface area contributed by atoms with Crippen molar-refractivity contribution in [1.82, 2.24) is 20.8 Å². The van der Waals surface area contributed by atoms with Gasteiger partial charge in [0.05, 0.1) is 5.52 Å². The third-order valence-corrected chi connectivity index (χ3v) is 2.52. The number of rotatable bonds is 5. The lowest BCUT2D eigenvalue weighted by atomic mass is 10.2. The van der Waals surface area contributed by atoms with Crippen LogP contribution in [0.4, 0.5) is 0 Å². The number of aromatic amines is 1. The summed E-state index contributed by atoms with van der Waals surface area (Å²) >= 11 is 0. The largest absolute Gasteiger partial charge is 0.349 e. The van der Waals surface area contributed by atoms with Crippen molar-refractivity contribution < 1.29 is 4.79 Å². The molecule has 90 valence electrons. The van der Waals surface area contributed by atoms with Crippen LogP contribution >= 0.6 is 0 Å². The molecule has 1 aromatic heterocycles. The van der Waals surface area contributed by atoms with Crippen molar-refractivity contribution in [3.8, 4) is 0 Å². The summed E-state index contributed by atoms with van der Waals surface area (Å²) < 4.78 is 0. The lowest BCUT2D eigenvalue weighted by Crippen LogP contribution is -2.32. The van der Waals surface area contributed by atoms with Gasteiger partial charge in [-0.3, -0.25) is 9.89 Å². The number of likely N-dealkylation sites (N-methyl/N-ethyl adjacent to an activating group) is 1. The fourth-order valence-corrected chi connectivity index (χ4v) is 1.66. The number of hydrogen-bond donors (Lipinski definition) is 3. The summed E-state index contributed by atoms with van der Waals surface area (Å²) in [5, 5.41) is 13.7. The van der Waals surface area contributed by atoms with E-state index in [2.05, 4.69) is 20.8 Å². The number of para-hydroxylation sites is 1. The molecule has 5 nitrogen and oxygen atoms in total. The molecule has 0 aliphatic carbocycles. The lowest BCUT2D eigenvalue weighted by molar-refractivity contribution is 0.0950. The molecular formula is C12H16N4O. The highest BCUT2D eigenvalue weighted by Crippen LogP contribution is 2.14. The molecule has 0 bridgehead atoms. The normalized spacial score (nSPS) is 10.6. The van der Waals surface area contributed by atoms with Crippen molar-refractivity contribution in [2.75, 3.05) is 19.6 Å². The number of carbonyl (C=O) groups is 1. The van der Waals surface area contributed by atoms with Crippen molar-refractivity contribution in [1.29, 1.82) is 0 Å². The first-order valence-electron chi connectivity index (χ1n) is 5.75. The van der Waals surface area contributed by atoms with E-state index in [-0.39, 0.29) is 5.91 Å². The summed E-state index contributed by atoms with van der Waals surface area (Å²) in [6.45, 7) is 4.31. The summed E-state index contributed by atoms with van der Waals surface area (Å²) in [6, 6.07) is 7.59. The van der Waals surface area contributed by atoms with Gasteiger partial charge in [0.25, 0.3) is 5.91 Å². The van der Waals surface area contributed by atoms with E-state index in [1.807, 2.05) is 31.2 Å². The Labute approximate surface area is 99.6 Å². The average molecular weight is 232 g/mol. The van der Waals surface area contributed by atoms with Crippen LogP contribution in [0.15, 0.2) is 24.3 Å². The second-order valence-electron chi connectivity index (χ2n) is 3.73. The van der Waals surface area contributed by atoms with E-state index in [4.69, 9.17) is 0 Å². The molecule has 0 aliphatic heterocycles. The molecule has 0 atom stereocenters. The zero-order valence-electron chi connectivity index (χ0n) is 9.79. The van der Waals surface area contributed by atoms with E-state index in [0.29, 0.717) is 12.2 Å². The Bertz CT molecular complexity index is 506. The van der Waals surface area contributed by atoms with Gasteiger partial charge in [-0.05, 0) is 12.6 Å². The standard InChI is InChI=1S/C12H16N4O/c1-2-13-7-8-14-12(17)11-9-5-3-4-6-10(9)15-16-11/h3-6,13H,2,7-8H2,1H3,(H,14,17)(H,15,16). The molecule has 0 spiro atoms. The third kappa shape index (κ3) is 2.62. The van der Waals surface area contributed by atoms with E-state index < -0.39 is 0 Å². The molecule has 1 heterocycles. The molecule has 5 heteroatoms. The lowest BCUT2D eigenvalue weighted by Gasteiger charge is -2.03. The number of aromatic nitrogens is 2. The highest BCUT2D eigenvalue weighted by atomic mass is 16.1. The van der Waals surface area contributed by atoms with E-state index in [1.54, 1.807) is 0 Å². The Kier molecular flexibility index (Phi) is 3.72. The summed E-state index contributed by atoms with van der Waals surface area (Å²) in [5.41, 5.74) is 1.33. The number of amides is 1. The Hall–Kier alpha value is -1.88. The van der Waals surface area contributed by atoms with Gasteiger partial charge in [0.2, 0.25) is 0 Å². The maximum Gasteiger partial charge on any atom is 0.272 e. The molecule has 0 aliphatic rings. The molecule has 0 unspecified atom stereocenters. The van der Waals surface area contributed by atoms with Crippen LogP contribution in [0.3, 0.4) is 0 Å². The van der Waals surface area contributed by atoms with Gasteiger partial charge in [0.15, 0.2) is 5.69 Å². The Morgan fingerprint density at radius 2 is 2.18 bits per heavy atom. The fraction of sp³-hybridized carbons (Fsp3) is 0.333. The fourth-order valence-electron chi connectivity index (χ4n) is 1.66. The van der Waals surface area contributed by atoms with Crippen molar-refractivity contribution in [2.24, 2.45) is 0 Å². The van der Waals surface area contributed by atoms with Crippen LogP contribution < -0.4 is 10.6 Å². The first kappa shape index (κ1) is 11.6. The van der Waals surface area contributed by atoms with Crippen LogP contribution in [0.25, 0.3) is 10.9 Å². The molecule has 0 radical (unpaired) electrons. The minimum Gasteiger partial charge on any atom is -0.349 e. The number of nitrogens with zero attached hydrogens (tertiary/aromatic N) is 1. The van der Waals surface area contributed by atoms with Gasteiger partial charge >= 0.3 is 0 Å². The quantitative estimate of drug-likeness (QED) is 0.671. The van der Waals surface area contributed by atoms with Gasteiger partial charge in [-0.2, -0.15) is 5.10 Å². The van der Waals surface area contributed by atoms with Crippen LogP contribution in [-0.4, -0.2) is 35.7 Å². The number of benzene rings is 1. The Morgan fingerprint density at radius 3 is 3.00 bits per heavy atom. The number of hydrogen-bond acceptors (Lipinski definition) is 3. The van der Waals surface area contributed by atoms with Gasteiger partial charge in [0, 0.05) is 18.5 Å². The van der Waals surface area contributed by atoms with E-state index >= 15 is 0 Å². The second-order valence-corrected chi connectivity index (χ2v) is 3.73. The first-order valence-corrected chi connectivity index (χ1v) is 5.75. The molecule has 1 amide bonds. The topological polar surface area (TPSA) is 69.8 Å². The second kappa shape index (κ2) is 5.45. The number of nitrogens with one attached hydrogen (secondary N) is 3. The highest BCUT2D eigenvalue weighted by molar-refractivity contribution is 6.04. The smallest absolute Gasteiger partial charge is 0.272 e. The summed E-state index contributed by atoms with van der Waals surface area (Å²) in [6.07, 6.45) is 0. The van der Waals surface area contributed by atoms with Gasteiger partial charge in [-0.15, -0.1) is 0 Å². The Morgan fingerprint density at radius 1 is 1.35 bits per heavy atom. The third-order valence-electron chi connectivity index (χ3n) is 2.52. The van der Waals surface area contributed by atoms with Crippen molar-refractivity contribution >= 4 is 16.8 Å². The first-order chi connectivity index (χ1) is 8.33. The van der Waals surface area contributed by atoms with Crippen molar-refractivity contribution in [3.63, 3.8) is 0 Å². The average Bonchev–Trinajstić information content (AvgIpc) is 2.78. The van der Waals surface area contributed by atoms with Crippen LogP contribution in [0.1, 0.15) is 17.4 Å². The van der Waals surface area contributed by atoms with Crippen molar-refractivity contribution in [2.45, 2.75) is 6.92 Å².